The molecule has 5 nitrogen and oxygen atoms in total. The molecule has 0 saturated heterocycles. The van der Waals surface area contributed by atoms with Gasteiger partial charge in [0.2, 0.25) is 0 Å². The van der Waals surface area contributed by atoms with Crippen molar-refractivity contribution in [2.75, 3.05) is 7.05 Å². The Labute approximate surface area is 107 Å². The van der Waals surface area contributed by atoms with E-state index in [2.05, 4.69) is 22.1 Å². The molecule has 0 radical (unpaired) electrons. The highest BCUT2D eigenvalue weighted by atomic mass is 16.5. The van der Waals surface area contributed by atoms with Crippen LogP contribution in [0.15, 0.2) is 15.1 Å². The maximum Gasteiger partial charge on any atom is 0.150 e. The van der Waals surface area contributed by atoms with Crippen LogP contribution in [0, 0.1) is 13.8 Å². The summed E-state index contributed by atoms with van der Waals surface area (Å²) in [4.78, 5) is 2.16. The van der Waals surface area contributed by atoms with Gasteiger partial charge < -0.3 is 9.05 Å². The third-order valence-electron chi connectivity index (χ3n) is 3.00. The molecule has 0 aliphatic rings. The molecular weight excluding hydrogens is 230 g/mol. The highest BCUT2D eigenvalue weighted by Gasteiger charge is 2.13. The summed E-state index contributed by atoms with van der Waals surface area (Å²) < 4.78 is 10.4. The van der Waals surface area contributed by atoms with Crippen LogP contribution in [0.5, 0.6) is 0 Å². The number of rotatable bonds is 5. The topological polar surface area (TPSA) is 55.3 Å². The van der Waals surface area contributed by atoms with Crippen molar-refractivity contribution in [2.45, 2.75) is 40.3 Å². The third-order valence-corrected chi connectivity index (χ3v) is 3.00. The van der Waals surface area contributed by atoms with Crippen LogP contribution in [0.4, 0.5) is 0 Å². The van der Waals surface area contributed by atoms with Crippen molar-refractivity contribution < 1.29 is 9.05 Å². The molecule has 0 atom stereocenters. The summed E-state index contributed by atoms with van der Waals surface area (Å²) in [5, 5.41) is 7.94. The molecule has 0 amide bonds. The number of hydrogen-bond acceptors (Lipinski definition) is 5. The van der Waals surface area contributed by atoms with Gasteiger partial charge in [0, 0.05) is 18.2 Å². The van der Waals surface area contributed by atoms with Gasteiger partial charge in [-0.2, -0.15) is 0 Å². The van der Waals surface area contributed by atoms with Gasteiger partial charge in [-0.1, -0.05) is 17.2 Å². The lowest BCUT2D eigenvalue weighted by molar-refractivity contribution is 0.264. The molecule has 0 saturated carbocycles. The van der Waals surface area contributed by atoms with Gasteiger partial charge >= 0.3 is 0 Å². The van der Waals surface area contributed by atoms with Crippen LogP contribution < -0.4 is 0 Å². The first kappa shape index (κ1) is 12.8. The fourth-order valence-corrected chi connectivity index (χ4v) is 1.92. The van der Waals surface area contributed by atoms with E-state index >= 15 is 0 Å². The largest absolute Gasteiger partial charge is 0.361 e. The average molecular weight is 249 g/mol. The summed E-state index contributed by atoms with van der Waals surface area (Å²) >= 11 is 0. The molecule has 0 fully saturated rings. The van der Waals surface area contributed by atoms with E-state index in [1.54, 1.807) is 0 Å². The molecular formula is C13H19N3O2. The van der Waals surface area contributed by atoms with Gasteiger partial charge in [-0.25, -0.2) is 0 Å². The predicted molar refractivity (Wildman–Crippen MR) is 67.0 cm³/mol. The molecule has 0 unspecified atom stereocenters. The van der Waals surface area contributed by atoms with Crippen molar-refractivity contribution in [1.82, 2.24) is 15.2 Å². The fraction of sp³-hybridized carbons (Fsp3) is 0.538. The van der Waals surface area contributed by atoms with Crippen LogP contribution in [0.25, 0.3) is 0 Å². The maximum absolute atomic E-state index is 5.28. The van der Waals surface area contributed by atoms with Crippen molar-refractivity contribution in [3.8, 4) is 0 Å². The van der Waals surface area contributed by atoms with E-state index in [0.29, 0.717) is 0 Å². The minimum Gasteiger partial charge on any atom is -0.361 e. The van der Waals surface area contributed by atoms with E-state index in [4.69, 9.17) is 9.05 Å². The van der Waals surface area contributed by atoms with E-state index in [-0.39, 0.29) is 0 Å². The Morgan fingerprint density at radius 3 is 2.50 bits per heavy atom. The normalized spacial score (nSPS) is 11.4. The fourth-order valence-electron chi connectivity index (χ4n) is 1.92. The van der Waals surface area contributed by atoms with Crippen LogP contribution in [0.3, 0.4) is 0 Å². The molecule has 0 aliphatic carbocycles. The lowest BCUT2D eigenvalue weighted by Gasteiger charge is -2.14. The van der Waals surface area contributed by atoms with E-state index in [1.807, 2.05) is 27.0 Å². The van der Waals surface area contributed by atoms with Crippen LogP contribution in [0.2, 0.25) is 0 Å². The Morgan fingerprint density at radius 2 is 1.94 bits per heavy atom. The second kappa shape index (κ2) is 5.35. The molecule has 2 heterocycles. The summed E-state index contributed by atoms with van der Waals surface area (Å²) in [5.74, 6) is 1.77. The molecule has 0 bridgehead atoms. The molecule has 0 N–H and O–H groups in total. The number of aryl methyl sites for hydroxylation is 3. The van der Waals surface area contributed by atoms with Crippen molar-refractivity contribution >= 4 is 0 Å². The lowest BCUT2D eigenvalue weighted by atomic mass is 10.2. The highest BCUT2D eigenvalue weighted by Crippen LogP contribution is 2.16. The van der Waals surface area contributed by atoms with Gasteiger partial charge in [-0.05, 0) is 27.3 Å². The van der Waals surface area contributed by atoms with E-state index in [1.165, 1.54) is 0 Å². The summed E-state index contributed by atoms with van der Waals surface area (Å²) in [6.07, 6.45) is 0.900. The molecule has 0 spiro atoms. The summed E-state index contributed by atoms with van der Waals surface area (Å²) in [6, 6.07) is 2.00. The van der Waals surface area contributed by atoms with Crippen LogP contribution in [0.1, 0.15) is 35.4 Å². The van der Waals surface area contributed by atoms with E-state index < -0.39 is 0 Å². The Hall–Kier alpha value is -1.62. The molecule has 2 aromatic heterocycles. The van der Waals surface area contributed by atoms with Crippen LogP contribution >= 0.6 is 0 Å². The first-order valence-electron chi connectivity index (χ1n) is 6.15. The van der Waals surface area contributed by atoms with Crippen molar-refractivity contribution in [3.63, 3.8) is 0 Å². The van der Waals surface area contributed by atoms with E-state index in [0.717, 1.165) is 48.0 Å². The predicted octanol–water partition coefficient (Wildman–Crippen LogP) is 2.47. The van der Waals surface area contributed by atoms with Crippen molar-refractivity contribution in [3.05, 3.63) is 34.5 Å². The average Bonchev–Trinajstić information content (AvgIpc) is 2.91. The Kier molecular flexibility index (Phi) is 3.81. The summed E-state index contributed by atoms with van der Waals surface area (Å²) in [7, 11) is 2.04. The summed E-state index contributed by atoms with van der Waals surface area (Å²) in [5.41, 5.74) is 3.09. The zero-order valence-electron chi connectivity index (χ0n) is 11.4. The first-order valence-corrected chi connectivity index (χ1v) is 6.15. The zero-order valence-corrected chi connectivity index (χ0v) is 11.4. The monoisotopic (exact) mass is 249 g/mol. The van der Waals surface area contributed by atoms with Crippen molar-refractivity contribution in [2.24, 2.45) is 0 Å². The molecule has 0 aromatic carbocycles. The second-order valence-corrected chi connectivity index (χ2v) is 4.61. The molecule has 18 heavy (non-hydrogen) atoms. The summed E-state index contributed by atoms with van der Waals surface area (Å²) in [6.45, 7) is 7.49. The van der Waals surface area contributed by atoms with Gasteiger partial charge in [0.15, 0.2) is 5.76 Å². The minimum absolute atomic E-state index is 0.733. The molecule has 5 heteroatoms. The lowest BCUT2D eigenvalue weighted by Crippen LogP contribution is -2.17. The molecule has 98 valence electrons. The molecule has 0 aliphatic heterocycles. The second-order valence-electron chi connectivity index (χ2n) is 4.61. The van der Waals surface area contributed by atoms with Gasteiger partial charge in [0.05, 0.1) is 17.9 Å². The molecule has 2 aromatic rings. The Balaban J connectivity index is 1.98. The third kappa shape index (κ3) is 2.79. The standard InChI is InChI=1S/C13H19N3O2/c1-5-11-6-12(18-15-11)7-16(4)8-13-9(2)14-17-10(13)3/h6H,5,7-8H2,1-4H3. The quantitative estimate of drug-likeness (QED) is 0.814. The Bertz CT molecular complexity index is 497. The number of nitrogens with zero attached hydrogens (tertiary/aromatic N) is 3. The highest BCUT2D eigenvalue weighted by molar-refractivity contribution is 5.20. The smallest absolute Gasteiger partial charge is 0.150 e. The molecule has 2 rings (SSSR count). The van der Waals surface area contributed by atoms with Gasteiger partial charge in [0.25, 0.3) is 0 Å². The Morgan fingerprint density at radius 1 is 1.17 bits per heavy atom. The van der Waals surface area contributed by atoms with Gasteiger partial charge in [0.1, 0.15) is 5.76 Å². The zero-order chi connectivity index (χ0) is 13.1. The van der Waals surface area contributed by atoms with Gasteiger partial charge in [-0.15, -0.1) is 0 Å². The van der Waals surface area contributed by atoms with Crippen LogP contribution in [-0.4, -0.2) is 22.3 Å². The minimum atomic E-state index is 0.733. The van der Waals surface area contributed by atoms with Crippen LogP contribution in [-0.2, 0) is 19.5 Å². The van der Waals surface area contributed by atoms with E-state index in [9.17, 15) is 0 Å². The SMILES string of the molecule is CCc1cc(CN(C)Cc2c(C)noc2C)on1. The van der Waals surface area contributed by atoms with Gasteiger partial charge in [-0.3, -0.25) is 4.90 Å². The number of aromatic nitrogens is 2. The van der Waals surface area contributed by atoms with Crippen molar-refractivity contribution in [1.29, 1.82) is 0 Å². The number of hydrogen-bond donors (Lipinski definition) is 0. The first-order chi connectivity index (χ1) is 8.60. The maximum atomic E-state index is 5.28.